The summed E-state index contributed by atoms with van der Waals surface area (Å²) in [6.07, 6.45) is -0.655. The molecule has 0 fully saturated rings. The highest BCUT2D eigenvalue weighted by Crippen LogP contribution is 2.08. The third-order valence-electron chi connectivity index (χ3n) is 2.30. The number of carboxylic acids is 1. The van der Waals surface area contributed by atoms with Gasteiger partial charge in [-0.25, -0.2) is 17.5 Å². The van der Waals surface area contributed by atoms with Crippen LogP contribution in [0.25, 0.3) is 0 Å². The Bertz CT molecular complexity index is 600. The van der Waals surface area contributed by atoms with Crippen molar-refractivity contribution in [3.05, 3.63) is 35.6 Å². The third kappa shape index (κ3) is 5.33. The van der Waals surface area contributed by atoms with Gasteiger partial charge in [-0.05, 0) is 17.7 Å². The van der Waals surface area contributed by atoms with Crippen LogP contribution in [0.5, 0.6) is 0 Å². The van der Waals surface area contributed by atoms with Gasteiger partial charge in [-0.3, -0.25) is 9.59 Å². The minimum atomic E-state index is -4.00. The summed E-state index contributed by atoms with van der Waals surface area (Å²) in [5, 5.41) is 8.80. The second kappa shape index (κ2) is 6.44. The Labute approximate surface area is 114 Å². The van der Waals surface area contributed by atoms with Crippen LogP contribution in [0.1, 0.15) is 12.0 Å². The number of sulfonamides is 1. The molecule has 4 N–H and O–H groups in total. The fourth-order valence-electron chi connectivity index (χ4n) is 1.44. The Morgan fingerprint density at radius 1 is 1.30 bits per heavy atom. The molecule has 1 amide bonds. The van der Waals surface area contributed by atoms with Gasteiger partial charge >= 0.3 is 5.97 Å². The molecule has 0 saturated heterocycles. The average Bonchev–Trinajstić information content (AvgIpc) is 2.30. The topological polar surface area (TPSA) is 127 Å². The quantitative estimate of drug-likeness (QED) is 0.630. The van der Waals surface area contributed by atoms with Crippen LogP contribution in [0.3, 0.4) is 0 Å². The number of carbonyl (C=O) groups is 2. The maximum atomic E-state index is 12.7. The summed E-state index contributed by atoms with van der Waals surface area (Å²) >= 11 is 0. The monoisotopic (exact) mass is 304 g/mol. The van der Waals surface area contributed by atoms with Gasteiger partial charge in [0.1, 0.15) is 11.9 Å². The van der Waals surface area contributed by atoms with Crippen molar-refractivity contribution in [1.82, 2.24) is 4.72 Å². The molecule has 0 aliphatic rings. The summed E-state index contributed by atoms with van der Waals surface area (Å²) in [5.74, 6) is -3.50. The lowest BCUT2D eigenvalue weighted by atomic mass is 10.2. The fourth-order valence-corrected chi connectivity index (χ4v) is 2.77. The third-order valence-corrected chi connectivity index (χ3v) is 3.65. The number of nitrogens with two attached hydrogens (primary N) is 1. The average molecular weight is 304 g/mol. The number of hydrogen-bond acceptors (Lipinski definition) is 4. The number of carbonyl (C=O) groups excluding carboxylic acids is 1. The number of halogens is 1. The van der Waals surface area contributed by atoms with Crippen LogP contribution in [0, 0.1) is 5.82 Å². The molecule has 0 spiro atoms. The lowest BCUT2D eigenvalue weighted by Crippen LogP contribution is -2.43. The molecule has 7 nitrogen and oxygen atoms in total. The molecular formula is C11H13FN2O5S. The Balaban J connectivity index is 2.79. The van der Waals surface area contributed by atoms with Gasteiger partial charge < -0.3 is 10.8 Å². The van der Waals surface area contributed by atoms with Gasteiger partial charge in [0.05, 0.1) is 12.2 Å². The van der Waals surface area contributed by atoms with E-state index < -0.39 is 45.9 Å². The molecule has 0 radical (unpaired) electrons. The smallest absolute Gasteiger partial charge is 0.322 e. The predicted octanol–water partition coefficient (Wildman–Crippen LogP) is -0.426. The molecule has 1 aromatic rings. The first-order valence-corrected chi connectivity index (χ1v) is 7.10. The molecule has 0 heterocycles. The van der Waals surface area contributed by atoms with Crippen molar-refractivity contribution in [3.8, 4) is 0 Å². The number of benzene rings is 1. The van der Waals surface area contributed by atoms with Gasteiger partial charge in [0, 0.05) is 0 Å². The van der Waals surface area contributed by atoms with E-state index in [0.717, 1.165) is 12.1 Å². The number of aliphatic carboxylic acids is 1. The van der Waals surface area contributed by atoms with Crippen LogP contribution in [-0.4, -0.2) is 31.4 Å². The summed E-state index contributed by atoms with van der Waals surface area (Å²) < 4.78 is 38.1. The van der Waals surface area contributed by atoms with Crippen LogP contribution in [0.15, 0.2) is 24.3 Å². The molecule has 110 valence electrons. The van der Waals surface area contributed by atoms with Crippen LogP contribution < -0.4 is 10.5 Å². The first kappa shape index (κ1) is 16.1. The normalized spacial score (nSPS) is 12.8. The van der Waals surface area contributed by atoms with Crippen LogP contribution in [-0.2, 0) is 25.4 Å². The summed E-state index contributed by atoms with van der Waals surface area (Å²) in [4.78, 5) is 21.5. The van der Waals surface area contributed by atoms with Gasteiger partial charge in [0.25, 0.3) is 0 Å². The zero-order valence-corrected chi connectivity index (χ0v) is 11.1. The summed E-state index contributed by atoms with van der Waals surface area (Å²) in [6, 6.07) is 3.07. The van der Waals surface area contributed by atoms with E-state index in [1.54, 1.807) is 0 Å². The van der Waals surface area contributed by atoms with Gasteiger partial charge in [-0.15, -0.1) is 0 Å². The first-order valence-electron chi connectivity index (χ1n) is 5.45. The number of amides is 1. The van der Waals surface area contributed by atoms with E-state index >= 15 is 0 Å². The standard InChI is InChI=1S/C11H13FN2O5S/c12-8-3-1-7(2-4-8)6-20(18,19)14-9(11(16)17)5-10(13)15/h1-4,9,14H,5-6H2,(H2,13,15)(H,16,17)/t9-/m1/s1. The van der Waals surface area contributed by atoms with Gasteiger partial charge in [0.15, 0.2) is 0 Å². The molecular weight excluding hydrogens is 291 g/mol. The van der Waals surface area contributed by atoms with E-state index in [0.29, 0.717) is 0 Å². The molecule has 1 aromatic carbocycles. The molecule has 1 atom stereocenters. The van der Waals surface area contributed by atoms with Crippen LogP contribution in [0.4, 0.5) is 4.39 Å². The fraction of sp³-hybridized carbons (Fsp3) is 0.273. The highest BCUT2D eigenvalue weighted by Gasteiger charge is 2.25. The summed E-state index contributed by atoms with van der Waals surface area (Å²) in [7, 11) is -4.00. The van der Waals surface area contributed by atoms with E-state index in [4.69, 9.17) is 10.8 Å². The second-order valence-corrected chi connectivity index (χ2v) is 5.82. The predicted molar refractivity (Wildman–Crippen MR) is 67.4 cm³/mol. The van der Waals surface area contributed by atoms with E-state index in [9.17, 15) is 22.4 Å². The highest BCUT2D eigenvalue weighted by atomic mass is 32.2. The molecule has 0 aliphatic carbocycles. The van der Waals surface area contributed by atoms with Gasteiger partial charge in [-0.1, -0.05) is 12.1 Å². The van der Waals surface area contributed by atoms with Crippen LogP contribution in [0.2, 0.25) is 0 Å². The molecule has 1 rings (SSSR count). The molecule has 20 heavy (non-hydrogen) atoms. The maximum absolute atomic E-state index is 12.7. The van der Waals surface area contributed by atoms with Crippen molar-refractivity contribution in [3.63, 3.8) is 0 Å². The van der Waals surface area contributed by atoms with Crippen molar-refractivity contribution in [2.75, 3.05) is 0 Å². The van der Waals surface area contributed by atoms with Crippen molar-refractivity contribution in [2.45, 2.75) is 18.2 Å². The number of rotatable bonds is 7. The Kier molecular flexibility index (Phi) is 5.17. The Morgan fingerprint density at radius 3 is 2.30 bits per heavy atom. The molecule has 9 heteroatoms. The largest absolute Gasteiger partial charge is 0.480 e. The zero-order valence-electron chi connectivity index (χ0n) is 10.2. The molecule has 0 unspecified atom stereocenters. The first-order chi connectivity index (χ1) is 9.19. The van der Waals surface area contributed by atoms with E-state index in [2.05, 4.69) is 0 Å². The van der Waals surface area contributed by atoms with Gasteiger partial charge in [0.2, 0.25) is 15.9 Å². The lowest BCUT2D eigenvalue weighted by Gasteiger charge is -2.13. The highest BCUT2D eigenvalue weighted by molar-refractivity contribution is 7.88. The lowest BCUT2D eigenvalue weighted by molar-refractivity contribution is -0.140. The maximum Gasteiger partial charge on any atom is 0.322 e. The number of primary amides is 1. The zero-order chi connectivity index (χ0) is 15.3. The Morgan fingerprint density at radius 2 is 1.85 bits per heavy atom. The number of carboxylic acid groups (broad SMARTS) is 1. The number of hydrogen-bond donors (Lipinski definition) is 3. The summed E-state index contributed by atoms with van der Waals surface area (Å²) in [6.45, 7) is 0. The van der Waals surface area contributed by atoms with Crippen molar-refractivity contribution >= 4 is 21.9 Å². The SMILES string of the molecule is NC(=O)C[C@@H](NS(=O)(=O)Cc1ccc(F)cc1)C(=O)O. The van der Waals surface area contributed by atoms with Crippen molar-refractivity contribution in [2.24, 2.45) is 5.73 Å². The minimum Gasteiger partial charge on any atom is -0.480 e. The molecule has 0 bridgehead atoms. The Hall–Kier alpha value is -2.00. The molecule has 0 aliphatic heterocycles. The second-order valence-electron chi connectivity index (χ2n) is 4.06. The van der Waals surface area contributed by atoms with Crippen LogP contribution >= 0.6 is 0 Å². The van der Waals surface area contributed by atoms with Gasteiger partial charge in [-0.2, -0.15) is 0 Å². The van der Waals surface area contributed by atoms with E-state index in [1.165, 1.54) is 12.1 Å². The summed E-state index contributed by atoms with van der Waals surface area (Å²) in [5.41, 5.74) is 5.12. The number of nitrogens with one attached hydrogen (secondary N) is 1. The van der Waals surface area contributed by atoms with E-state index in [1.807, 2.05) is 4.72 Å². The van der Waals surface area contributed by atoms with E-state index in [-0.39, 0.29) is 5.56 Å². The van der Waals surface area contributed by atoms with Crippen molar-refractivity contribution < 1.29 is 27.5 Å². The molecule has 0 aromatic heterocycles. The van der Waals surface area contributed by atoms with Crippen molar-refractivity contribution in [1.29, 1.82) is 0 Å². The minimum absolute atomic E-state index is 0.280. The molecule has 0 saturated carbocycles.